The Hall–Kier alpha value is -4.76. The fourth-order valence-electron chi connectivity index (χ4n) is 6.28. The third-order valence-corrected chi connectivity index (χ3v) is 8.09. The molecule has 2 aromatic heterocycles. The van der Waals surface area contributed by atoms with Gasteiger partial charge in [0, 0.05) is 33.3 Å². The SMILES string of the molecule is C1=CCCC(c2cccc3oc4cccc(NC5=CC=CC(c6cccc7c6oc6ccccc67)C5)c4c23)=C1. The number of para-hydroxylation sites is 2. The van der Waals surface area contributed by atoms with E-state index in [1.165, 1.54) is 38.6 Å². The van der Waals surface area contributed by atoms with Crippen LogP contribution in [0.1, 0.15) is 36.3 Å². The summed E-state index contributed by atoms with van der Waals surface area (Å²) in [4.78, 5) is 0. The van der Waals surface area contributed by atoms with Crippen LogP contribution in [0.15, 0.2) is 130 Å². The molecule has 2 heterocycles. The van der Waals surface area contributed by atoms with Gasteiger partial charge in [0.25, 0.3) is 0 Å². The number of hydrogen-bond donors (Lipinski definition) is 1. The largest absolute Gasteiger partial charge is 0.456 e. The number of hydrogen-bond acceptors (Lipinski definition) is 3. The molecule has 3 heteroatoms. The second-order valence-electron chi connectivity index (χ2n) is 10.5. The van der Waals surface area contributed by atoms with E-state index in [9.17, 15) is 0 Å². The van der Waals surface area contributed by atoms with E-state index in [1.54, 1.807) is 0 Å². The van der Waals surface area contributed by atoms with Crippen molar-refractivity contribution in [1.29, 1.82) is 0 Å². The normalized spacial score (nSPS) is 17.3. The van der Waals surface area contributed by atoms with Gasteiger partial charge in [0.2, 0.25) is 0 Å². The van der Waals surface area contributed by atoms with Crippen molar-refractivity contribution in [3.05, 3.63) is 132 Å². The van der Waals surface area contributed by atoms with Crippen LogP contribution < -0.4 is 5.32 Å². The summed E-state index contributed by atoms with van der Waals surface area (Å²) in [5.74, 6) is 0.219. The predicted molar refractivity (Wildman–Crippen MR) is 162 cm³/mol. The van der Waals surface area contributed by atoms with Gasteiger partial charge in [0.1, 0.15) is 22.3 Å². The van der Waals surface area contributed by atoms with Gasteiger partial charge in [-0.1, -0.05) is 85.0 Å². The molecule has 1 atom stereocenters. The molecule has 1 N–H and O–H groups in total. The molecule has 0 aliphatic heterocycles. The molecule has 0 spiro atoms. The summed E-state index contributed by atoms with van der Waals surface area (Å²) < 4.78 is 12.7. The molecule has 2 aliphatic carbocycles. The number of allylic oxidation sites excluding steroid dienone is 8. The molecule has 0 amide bonds. The van der Waals surface area contributed by atoms with Gasteiger partial charge in [-0.05, 0) is 60.7 Å². The van der Waals surface area contributed by atoms with E-state index < -0.39 is 0 Å². The zero-order valence-electron chi connectivity index (χ0n) is 21.5. The van der Waals surface area contributed by atoms with Crippen LogP contribution in [-0.2, 0) is 0 Å². The van der Waals surface area contributed by atoms with Crippen molar-refractivity contribution in [2.45, 2.75) is 25.2 Å². The number of benzene rings is 4. The average molecular weight is 506 g/mol. The highest BCUT2D eigenvalue weighted by Gasteiger charge is 2.21. The molecular weight excluding hydrogens is 478 g/mol. The molecule has 39 heavy (non-hydrogen) atoms. The molecule has 6 aromatic rings. The zero-order valence-corrected chi connectivity index (χ0v) is 21.5. The summed E-state index contributed by atoms with van der Waals surface area (Å²) in [5, 5.41) is 8.47. The van der Waals surface area contributed by atoms with E-state index >= 15 is 0 Å². The lowest BCUT2D eigenvalue weighted by atomic mass is 9.89. The van der Waals surface area contributed by atoms with Gasteiger partial charge in [0.05, 0.1) is 11.1 Å². The van der Waals surface area contributed by atoms with Crippen LogP contribution >= 0.6 is 0 Å². The Kier molecular flexibility index (Phi) is 5.09. The number of nitrogens with one attached hydrogen (secondary N) is 1. The Morgan fingerprint density at radius 3 is 2.44 bits per heavy atom. The first-order valence-corrected chi connectivity index (χ1v) is 13.7. The van der Waals surface area contributed by atoms with Gasteiger partial charge >= 0.3 is 0 Å². The summed E-state index contributed by atoms with van der Waals surface area (Å²) in [6.07, 6.45) is 16.2. The van der Waals surface area contributed by atoms with Crippen molar-refractivity contribution in [2.24, 2.45) is 0 Å². The first-order valence-electron chi connectivity index (χ1n) is 13.7. The minimum absolute atomic E-state index is 0.219. The van der Waals surface area contributed by atoms with E-state index in [-0.39, 0.29) is 5.92 Å². The van der Waals surface area contributed by atoms with Crippen LogP contribution in [0.3, 0.4) is 0 Å². The van der Waals surface area contributed by atoms with Gasteiger partial charge in [0.15, 0.2) is 0 Å². The van der Waals surface area contributed by atoms with Crippen molar-refractivity contribution in [3.8, 4) is 0 Å². The first-order chi connectivity index (χ1) is 19.3. The number of furan rings is 2. The molecule has 8 rings (SSSR count). The number of anilines is 1. The number of rotatable bonds is 4. The third kappa shape index (κ3) is 3.65. The molecule has 1 unspecified atom stereocenters. The van der Waals surface area contributed by atoms with Gasteiger partial charge in [-0.15, -0.1) is 0 Å². The molecule has 3 nitrogen and oxygen atoms in total. The smallest absolute Gasteiger partial charge is 0.139 e. The van der Waals surface area contributed by atoms with Gasteiger partial charge in [-0.25, -0.2) is 0 Å². The molecule has 188 valence electrons. The Morgan fingerprint density at radius 2 is 1.51 bits per heavy atom. The van der Waals surface area contributed by atoms with E-state index in [0.29, 0.717) is 0 Å². The maximum absolute atomic E-state index is 6.36. The fraction of sp³-hybridized carbons (Fsp3) is 0.111. The maximum atomic E-state index is 6.36. The lowest BCUT2D eigenvalue weighted by Gasteiger charge is -2.21. The fourth-order valence-corrected chi connectivity index (χ4v) is 6.28. The van der Waals surface area contributed by atoms with E-state index in [2.05, 4.69) is 109 Å². The summed E-state index contributed by atoms with van der Waals surface area (Å²) in [6, 6.07) is 27.5. The Balaban J connectivity index is 1.18. The van der Waals surface area contributed by atoms with E-state index in [4.69, 9.17) is 8.83 Å². The number of fused-ring (bicyclic) bond motifs is 6. The first kappa shape index (κ1) is 22.2. The molecule has 0 bridgehead atoms. The molecule has 0 fully saturated rings. The minimum Gasteiger partial charge on any atom is -0.456 e. The molecule has 0 saturated heterocycles. The Morgan fingerprint density at radius 1 is 0.692 bits per heavy atom. The van der Waals surface area contributed by atoms with E-state index in [0.717, 1.165) is 52.7 Å². The molecule has 0 saturated carbocycles. The lowest BCUT2D eigenvalue weighted by Crippen LogP contribution is -2.08. The minimum atomic E-state index is 0.219. The molecule has 2 aliphatic rings. The van der Waals surface area contributed by atoms with Crippen molar-refractivity contribution in [1.82, 2.24) is 0 Å². The third-order valence-electron chi connectivity index (χ3n) is 8.09. The Labute approximate surface area is 226 Å². The highest BCUT2D eigenvalue weighted by Crippen LogP contribution is 2.42. The Bertz CT molecular complexity index is 2030. The molecular formula is C36H27NO2. The van der Waals surface area contributed by atoms with Crippen LogP contribution in [0, 0.1) is 0 Å². The van der Waals surface area contributed by atoms with E-state index in [1.807, 2.05) is 12.1 Å². The van der Waals surface area contributed by atoms with Crippen LogP contribution in [0.2, 0.25) is 0 Å². The van der Waals surface area contributed by atoms with Crippen LogP contribution in [0.25, 0.3) is 49.5 Å². The van der Waals surface area contributed by atoms with Crippen LogP contribution in [-0.4, -0.2) is 0 Å². The maximum Gasteiger partial charge on any atom is 0.139 e. The monoisotopic (exact) mass is 505 g/mol. The summed E-state index contributed by atoms with van der Waals surface area (Å²) in [5.41, 5.74) is 9.85. The second kappa shape index (κ2) is 8.92. The second-order valence-corrected chi connectivity index (χ2v) is 10.5. The summed E-state index contributed by atoms with van der Waals surface area (Å²) >= 11 is 0. The van der Waals surface area contributed by atoms with Gasteiger partial charge < -0.3 is 14.2 Å². The van der Waals surface area contributed by atoms with Crippen molar-refractivity contribution < 1.29 is 8.83 Å². The highest BCUT2D eigenvalue weighted by molar-refractivity contribution is 6.15. The van der Waals surface area contributed by atoms with Crippen molar-refractivity contribution in [2.75, 3.05) is 5.32 Å². The van der Waals surface area contributed by atoms with Crippen LogP contribution in [0.5, 0.6) is 0 Å². The topological polar surface area (TPSA) is 38.3 Å². The molecule has 4 aromatic carbocycles. The van der Waals surface area contributed by atoms with Gasteiger partial charge in [-0.3, -0.25) is 0 Å². The standard InChI is InChI=1S/C36H27NO2/c1-2-10-23(11-3-1)26-15-8-20-32-34(26)35-30(18-9-21-33(35)38-32)37-25-13-6-12-24(22-25)27-16-7-17-29-28-14-4-5-19-31(28)39-36(27)29/h1-2,4-10,12-21,24,37H,3,11,22H2. The quantitative estimate of drug-likeness (QED) is 0.259. The van der Waals surface area contributed by atoms with Crippen molar-refractivity contribution in [3.63, 3.8) is 0 Å². The average Bonchev–Trinajstić information content (AvgIpc) is 3.57. The van der Waals surface area contributed by atoms with Gasteiger partial charge in [-0.2, -0.15) is 0 Å². The van der Waals surface area contributed by atoms with Crippen LogP contribution in [0.4, 0.5) is 5.69 Å². The summed E-state index contributed by atoms with van der Waals surface area (Å²) in [7, 11) is 0. The highest BCUT2D eigenvalue weighted by atomic mass is 16.3. The zero-order chi connectivity index (χ0) is 25.8. The predicted octanol–water partition coefficient (Wildman–Crippen LogP) is 10.3. The lowest BCUT2D eigenvalue weighted by molar-refractivity contribution is 0.656. The molecule has 0 radical (unpaired) electrons. The summed E-state index contributed by atoms with van der Waals surface area (Å²) in [6.45, 7) is 0. The van der Waals surface area contributed by atoms with Crippen molar-refractivity contribution >= 4 is 55.1 Å².